The Morgan fingerprint density at radius 1 is 1.30 bits per heavy atom. The van der Waals surface area contributed by atoms with Gasteiger partial charge < -0.3 is 15.0 Å². The molecule has 1 saturated carbocycles. The number of carbonyl (C=O) groups is 2. The zero-order valence-corrected chi connectivity index (χ0v) is 18.2. The second kappa shape index (κ2) is 8.68. The van der Waals surface area contributed by atoms with E-state index in [0.29, 0.717) is 36.0 Å². The van der Waals surface area contributed by atoms with Crippen LogP contribution in [0, 0.1) is 6.92 Å². The van der Waals surface area contributed by atoms with Gasteiger partial charge in [-0.25, -0.2) is 0 Å². The van der Waals surface area contributed by atoms with Crippen LogP contribution in [0.4, 0.5) is 0 Å². The molecular weight excluding hydrogens is 404 g/mol. The maximum Gasteiger partial charge on any atom is 0.272 e. The molecule has 1 fully saturated rings. The Kier molecular flexibility index (Phi) is 5.99. The number of rotatable bonds is 5. The van der Waals surface area contributed by atoms with Gasteiger partial charge >= 0.3 is 0 Å². The van der Waals surface area contributed by atoms with E-state index < -0.39 is 0 Å². The number of aryl methyl sites for hydroxylation is 2. The molecule has 1 aliphatic heterocycles. The first-order valence-corrected chi connectivity index (χ1v) is 10.8. The quantitative estimate of drug-likeness (QED) is 0.791. The first kappa shape index (κ1) is 20.7. The molecule has 2 aromatic rings. The minimum atomic E-state index is -0.138. The monoisotopic (exact) mass is 430 g/mol. The number of aromatic nitrogens is 2. The highest BCUT2D eigenvalue weighted by Gasteiger charge is 2.30. The molecule has 4 rings (SSSR count). The van der Waals surface area contributed by atoms with Gasteiger partial charge in [0, 0.05) is 48.9 Å². The summed E-state index contributed by atoms with van der Waals surface area (Å²) in [6.07, 6.45) is 5.02. The third-order valence-electron chi connectivity index (χ3n) is 5.99. The summed E-state index contributed by atoms with van der Waals surface area (Å²) in [7, 11) is 1.86. The lowest BCUT2D eigenvalue weighted by molar-refractivity contribution is -0.134. The number of nitrogens with one attached hydrogen (secondary N) is 1. The molecule has 30 heavy (non-hydrogen) atoms. The SMILES string of the molecule is Cc1cc(Cl)ccc1OCC(=O)N1CCc2c(c(C(=O)NC3CCCC3)nn2C)C1. The Labute approximate surface area is 181 Å². The van der Waals surface area contributed by atoms with Crippen LogP contribution >= 0.6 is 11.6 Å². The Bertz CT molecular complexity index is 966. The summed E-state index contributed by atoms with van der Waals surface area (Å²) >= 11 is 5.97. The lowest BCUT2D eigenvalue weighted by atomic mass is 10.0. The van der Waals surface area contributed by atoms with Gasteiger partial charge in [-0.2, -0.15) is 5.10 Å². The Balaban J connectivity index is 1.43. The van der Waals surface area contributed by atoms with Crippen molar-refractivity contribution in [3.63, 3.8) is 0 Å². The molecule has 0 radical (unpaired) electrons. The number of benzene rings is 1. The highest BCUT2D eigenvalue weighted by atomic mass is 35.5. The molecule has 1 aromatic carbocycles. The lowest BCUT2D eigenvalue weighted by Crippen LogP contribution is -2.40. The number of nitrogens with zero attached hydrogens (tertiary/aromatic N) is 3. The molecule has 2 heterocycles. The van der Waals surface area contributed by atoms with Crippen LogP contribution in [0.2, 0.25) is 5.02 Å². The van der Waals surface area contributed by atoms with Gasteiger partial charge in [-0.05, 0) is 43.5 Å². The second-order valence-electron chi connectivity index (χ2n) is 8.12. The summed E-state index contributed by atoms with van der Waals surface area (Å²) < 4.78 is 7.49. The summed E-state index contributed by atoms with van der Waals surface area (Å²) in [5.74, 6) is 0.394. The summed E-state index contributed by atoms with van der Waals surface area (Å²) in [6, 6.07) is 5.55. The summed E-state index contributed by atoms with van der Waals surface area (Å²) in [5.41, 5.74) is 3.18. The molecule has 7 nitrogen and oxygen atoms in total. The molecular formula is C22H27ClN4O3. The number of hydrogen-bond acceptors (Lipinski definition) is 4. The van der Waals surface area contributed by atoms with Gasteiger partial charge in [0.2, 0.25) is 0 Å². The fourth-order valence-corrected chi connectivity index (χ4v) is 4.54. The van der Waals surface area contributed by atoms with Crippen molar-refractivity contribution < 1.29 is 14.3 Å². The number of ether oxygens (including phenoxy) is 1. The van der Waals surface area contributed by atoms with Gasteiger partial charge in [-0.3, -0.25) is 14.3 Å². The van der Waals surface area contributed by atoms with Crippen molar-refractivity contribution >= 4 is 23.4 Å². The molecule has 0 atom stereocenters. The highest BCUT2D eigenvalue weighted by Crippen LogP contribution is 2.25. The number of halogens is 1. The van der Waals surface area contributed by atoms with E-state index in [4.69, 9.17) is 16.3 Å². The largest absolute Gasteiger partial charge is 0.483 e. The van der Waals surface area contributed by atoms with Crippen LogP contribution in [0.1, 0.15) is 53.0 Å². The smallest absolute Gasteiger partial charge is 0.272 e. The molecule has 0 spiro atoms. The van der Waals surface area contributed by atoms with E-state index in [1.165, 1.54) is 0 Å². The summed E-state index contributed by atoms with van der Waals surface area (Å²) in [5, 5.41) is 8.20. The molecule has 2 amide bonds. The van der Waals surface area contributed by atoms with Gasteiger partial charge in [0.1, 0.15) is 5.75 Å². The van der Waals surface area contributed by atoms with E-state index in [9.17, 15) is 9.59 Å². The molecule has 0 saturated heterocycles. The highest BCUT2D eigenvalue weighted by molar-refractivity contribution is 6.30. The fourth-order valence-electron chi connectivity index (χ4n) is 4.32. The molecule has 0 unspecified atom stereocenters. The minimum absolute atomic E-state index is 0.0539. The molecule has 2 aliphatic rings. The molecule has 0 bridgehead atoms. The Morgan fingerprint density at radius 3 is 2.80 bits per heavy atom. The van der Waals surface area contributed by atoms with Crippen LogP contribution in [0.25, 0.3) is 0 Å². The number of fused-ring (bicyclic) bond motifs is 1. The van der Waals surface area contributed by atoms with E-state index in [1.807, 2.05) is 14.0 Å². The van der Waals surface area contributed by atoms with E-state index in [0.717, 1.165) is 42.5 Å². The van der Waals surface area contributed by atoms with Crippen molar-refractivity contribution in [3.8, 4) is 5.75 Å². The summed E-state index contributed by atoms with van der Waals surface area (Å²) in [6.45, 7) is 2.79. The Morgan fingerprint density at radius 2 is 2.07 bits per heavy atom. The zero-order chi connectivity index (χ0) is 21.3. The van der Waals surface area contributed by atoms with Crippen molar-refractivity contribution in [2.75, 3.05) is 13.2 Å². The predicted octanol–water partition coefficient (Wildman–Crippen LogP) is 3.02. The maximum atomic E-state index is 12.8. The third kappa shape index (κ3) is 4.31. The predicted molar refractivity (Wildman–Crippen MR) is 114 cm³/mol. The van der Waals surface area contributed by atoms with Gasteiger partial charge in [-0.1, -0.05) is 24.4 Å². The molecule has 1 aliphatic carbocycles. The van der Waals surface area contributed by atoms with Crippen LogP contribution in [0.5, 0.6) is 5.75 Å². The topological polar surface area (TPSA) is 76.5 Å². The van der Waals surface area contributed by atoms with Gasteiger partial charge in [0.15, 0.2) is 12.3 Å². The van der Waals surface area contributed by atoms with Crippen molar-refractivity contribution in [1.82, 2.24) is 20.0 Å². The van der Waals surface area contributed by atoms with Crippen LogP contribution in [0.3, 0.4) is 0 Å². The van der Waals surface area contributed by atoms with Crippen molar-refractivity contribution in [1.29, 1.82) is 0 Å². The first-order chi connectivity index (χ1) is 14.4. The second-order valence-corrected chi connectivity index (χ2v) is 8.55. The van der Waals surface area contributed by atoms with Crippen molar-refractivity contribution in [2.45, 2.75) is 51.6 Å². The number of amides is 2. The van der Waals surface area contributed by atoms with Crippen molar-refractivity contribution in [3.05, 3.63) is 45.7 Å². The standard InChI is InChI=1S/C22H27ClN4O3/c1-14-11-15(23)7-8-19(14)30-13-20(28)27-10-9-18-17(12-27)21(25-26(18)2)22(29)24-16-5-3-4-6-16/h7-8,11,16H,3-6,9-10,12-13H2,1-2H3,(H,24,29). The van der Waals surface area contributed by atoms with Gasteiger partial charge in [-0.15, -0.1) is 0 Å². The van der Waals surface area contributed by atoms with Crippen LogP contribution in [-0.2, 0) is 24.8 Å². The molecule has 1 aromatic heterocycles. The van der Waals surface area contributed by atoms with Crippen LogP contribution in [0.15, 0.2) is 18.2 Å². The van der Waals surface area contributed by atoms with E-state index in [2.05, 4.69) is 10.4 Å². The Hall–Kier alpha value is -2.54. The normalized spacial score (nSPS) is 16.4. The maximum absolute atomic E-state index is 12.8. The first-order valence-electron chi connectivity index (χ1n) is 10.4. The summed E-state index contributed by atoms with van der Waals surface area (Å²) in [4.78, 5) is 27.3. The van der Waals surface area contributed by atoms with E-state index >= 15 is 0 Å². The zero-order valence-electron chi connectivity index (χ0n) is 17.4. The van der Waals surface area contributed by atoms with Crippen molar-refractivity contribution in [2.24, 2.45) is 7.05 Å². The van der Waals surface area contributed by atoms with Crippen LogP contribution in [-0.4, -0.2) is 45.7 Å². The average molecular weight is 431 g/mol. The fraction of sp³-hybridized carbons (Fsp3) is 0.500. The third-order valence-corrected chi connectivity index (χ3v) is 6.22. The van der Waals surface area contributed by atoms with E-state index in [1.54, 1.807) is 27.8 Å². The molecule has 160 valence electrons. The number of carbonyl (C=O) groups excluding carboxylic acids is 2. The molecule has 1 N–H and O–H groups in total. The van der Waals surface area contributed by atoms with E-state index in [-0.39, 0.29) is 24.5 Å². The van der Waals surface area contributed by atoms with Gasteiger partial charge in [0.05, 0.1) is 0 Å². The number of hydrogen-bond donors (Lipinski definition) is 1. The lowest BCUT2D eigenvalue weighted by Gasteiger charge is -2.27. The van der Waals surface area contributed by atoms with Gasteiger partial charge in [0.25, 0.3) is 11.8 Å². The van der Waals surface area contributed by atoms with Crippen LogP contribution < -0.4 is 10.1 Å². The average Bonchev–Trinajstić information content (AvgIpc) is 3.34. The minimum Gasteiger partial charge on any atom is -0.483 e. The molecule has 8 heteroatoms.